The lowest BCUT2D eigenvalue weighted by atomic mass is 10.00. The molecule has 0 aliphatic heterocycles. The zero-order valence-corrected chi connectivity index (χ0v) is 12.9. The summed E-state index contributed by atoms with van der Waals surface area (Å²) in [6.45, 7) is 2.25. The van der Waals surface area contributed by atoms with Crippen molar-refractivity contribution in [3.63, 3.8) is 0 Å². The van der Waals surface area contributed by atoms with Gasteiger partial charge in [0.15, 0.2) is 0 Å². The van der Waals surface area contributed by atoms with Crippen LogP contribution < -0.4 is 0 Å². The summed E-state index contributed by atoms with van der Waals surface area (Å²) in [4.78, 5) is 0. The normalized spacial score (nSPS) is 9.95. The van der Waals surface area contributed by atoms with Crippen molar-refractivity contribution in [3.05, 3.63) is 60.2 Å². The maximum absolute atomic E-state index is 3.35. The summed E-state index contributed by atoms with van der Waals surface area (Å²) in [7, 11) is 0. The van der Waals surface area contributed by atoms with E-state index in [0.717, 1.165) is 12.0 Å². The van der Waals surface area contributed by atoms with Crippen molar-refractivity contribution in [3.8, 4) is 23.0 Å². The van der Waals surface area contributed by atoms with Crippen LogP contribution in [0.1, 0.15) is 51.0 Å². The predicted octanol–water partition coefficient (Wildman–Crippen LogP) is 6.07. The van der Waals surface area contributed by atoms with E-state index in [9.17, 15) is 0 Å². The predicted molar refractivity (Wildman–Crippen MR) is 92.1 cm³/mol. The molecule has 0 N–H and O–H groups in total. The van der Waals surface area contributed by atoms with Crippen molar-refractivity contribution in [2.75, 3.05) is 0 Å². The Morgan fingerprint density at radius 2 is 1.48 bits per heavy atom. The average molecular weight is 276 g/mol. The van der Waals surface area contributed by atoms with Crippen molar-refractivity contribution >= 4 is 0 Å². The zero-order chi connectivity index (χ0) is 14.8. The van der Waals surface area contributed by atoms with Gasteiger partial charge in [0.05, 0.1) is 0 Å². The first-order valence-electron chi connectivity index (χ1n) is 8.05. The fourth-order valence-electron chi connectivity index (χ4n) is 2.44. The van der Waals surface area contributed by atoms with Gasteiger partial charge in [-0.1, -0.05) is 93.0 Å². The molecule has 0 nitrogen and oxygen atoms in total. The highest BCUT2D eigenvalue weighted by atomic mass is 14.0. The Hall–Kier alpha value is -2.00. The molecule has 0 heterocycles. The van der Waals surface area contributed by atoms with Crippen LogP contribution in [-0.4, -0.2) is 0 Å². The van der Waals surface area contributed by atoms with Crippen molar-refractivity contribution in [1.29, 1.82) is 0 Å². The van der Waals surface area contributed by atoms with Crippen molar-refractivity contribution < 1.29 is 0 Å². The summed E-state index contributed by atoms with van der Waals surface area (Å²) in [6.07, 6.45) is 7.54. The first-order valence-corrected chi connectivity index (χ1v) is 8.05. The molecule has 0 amide bonds. The molecular weight excluding hydrogens is 252 g/mol. The van der Waals surface area contributed by atoms with Crippen LogP contribution in [0.5, 0.6) is 0 Å². The van der Waals surface area contributed by atoms with E-state index in [-0.39, 0.29) is 0 Å². The Balaban J connectivity index is 1.98. The van der Waals surface area contributed by atoms with Gasteiger partial charge in [-0.25, -0.2) is 0 Å². The van der Waals surface area contributed by atoms with Crippen LogP contribution in [0.2, 0.25) is 0 Å². The summed E-state index contributed by atoms with van der Waals surface area (Å²) >= 11 is 0. The Labute approximate surface area is 129 Å². The molecule has 0 atom stereocenters. The number of hydrogen-bond donors (Lipinski definition) is 0. The van der Waals surface area contributed by atoms with E-state index in [1.165, 1.54) is 43.2 Å². The summed E-state index contributed by atoms with van der Waals surface area (Å²) < 4.78 is 0. The number of benzene rings is 2. The van der Waals surface area contributed by atoms with Gasteiger partial charge in [0.2, 0.25) is 0 Å². The Morgan fingerprint density at radius 1 is 0.762 bits per heavy atom. The van der Waals surface area contributed by atoms with Gasteiger partial charge in [0, 0.05) is 12.0 Å². The average Bonchev–Trinajstić information content (AvgIpc) is 2.55. The second-order valence-electron chi connectivity index (χ2n) is 5.38. The minimum absolute atomic E-state index is 1.01. The fraction of sp³-hybridized carbons (Fsp3) is 0.333. The maximum atomic E-state index is 3.35. The van der Waals surface area contributed by atoms with Crippen LogP contribution in [0.4, 0.5) is 0 Å². The molecule has 0 fully saturated rings. The van der Waals surface area contributed by atoms with Crippen LogP contribution in [0.3, 0.4) is 0 Å². The molecular formula is C21H24. The molecule has 0 radical (unpaired) electrons. The number of rotatable bonds is 6. The molecule has 0 aliphatic carbocycles. The van der Waals surface area contributed by atoms with E-state index in [4.69, 9.17) is 0 Å². The third-order valence-corrected chi connectivity index (χ3v) is 3.64. The molecule has 2 rings (SSSR count). The number of unbranched alkanes of at least 4 members (excludes halogenated alkanes) is 5. The van der Waals surface area contributed by atoms with Gasteiger partial charge >= 0.3 is 0 Å². The van der Waals surface area contributed by atoms with Crippen LogP contribution in [0, 0.1) is 11.8 Å². The molecule has 0 spiro atoms. The Bertz CT molecular complexity index is 584. The van der Waals surface area contributed by atoms with Crippen LogP contribution in [-0.2, 0) is 0 Å². The second kappa shape index (κ2) is 9.03. The van der Waals surface area contributed by atoms with Gasteiger partial charge in [0.1, 0.15) is 0 Å². The standard InChI is InChI=1S/C21H24/c1-2-3-4-5-6-7-9-14-20-17-12-13-18-21(20)19-15-10-8-11-16-19/h8,10-13,15-18H,2-7H2,1H3. The minimum atomic E-state index is 1.01. The first-order chi connectivity index (χ1) is 10.4. The largest absolute Gasteiger partial charge is 0.0979 e. The molecule has 0 heteroatoms. The molecule has 0 aliphatic rings. The molecule has 0 bridgehead atoms. The molecule has 108 valence electrons. The minimum Gasteiger partial charge on any atom is -0.0979 e. The second-order valence-corrected chi connectivity index (χ2v) is 5.38. The Morgan fingerprint density at radius 3 is 2.29 bits per heavy atom. The Kier molecular flexibility index (Phi) is 6.62. The van der Waals surface area contributed by atoms with Gasteiger partial charge < -0.3 is 0 Å². The first kappa shape index (κ1) is 15.4. The van der Waals surface area contributed by atoms with Crippen LogP contribution in [0.15, 0.2) is 54.6 Å². The monoisotopic (exact) mass is 276 g/mol. The van der Waals surface area contributed by atoms with Gasteiger partial charge in [-0.05, 0) is 23.6 Å². The zero-order valence-electron chi connectivity index (χ0n) is 12.9. The molecule has 0 unspecified atom stereocenters. The van der Waals surface area contributed by atoms with E-state index in [1.807, 2.05) is 6.07 Å². The maximum Gasteiger partial charge on any atom is 0.0323 e. The fourth-order valence-corrected chi connectivity index (χ4v) is 2.44. The summed E-state index contributed by atoms with van der Waals surface area (Å²) in [5, 5.41) is 0. The van der Waals surface area contributed by atoms with E-state index < -0.39 is 0 Å². The van der Waals surface area contributed by atoms with Gasteiger partial charge in [0.25, 0.3) is 0 Å². The van der Waals surface area contributed by atoms with Gasteiger partial charge in [-0.3, -0.25) is 0 Å². The summed E-state index contributed by atoms with van der Waals surface area (Å²) in [6, 6.07) is 18.9. The molecule has 21 heavy (non-hydrogen) atoms. The number of hydrogen-bond acceptors (Lipinski definition) is 0. The topological polar surface area (TPSA) is 0 Å². The lowest BCUT2D eigenvalue weighted by molar-refractivity contribution is 0.641. The van der Waals surface area contributed by atoms with E-state index in [1.54, 1.807) is 0 Å². The smallest absolute Gasteiger partial charge is 0.0323 e. The van der Waals surface area contributed by atoms with Crippen molar-refractivity contribution in [1.82, 2.24) is 0 Å². The third-order valence-electron chi connectivity index (χ3n) is 3.64. The molecule has 0 saturated heterocycles. The summed E-state index contributed by atoms with van der Waals surface area (Å²) in [5.41, 5.74) is 3.61. The van der Waals surface area contributed by atoms with Crippen LogP contribution in [0.25, 0.3) is 11.1 Å². The highest BCUT2D eigenvalue weighted by Crippen LogP contribution is 2.22. The SMILES string of the molecule is CCCCCCCC#Cc1ccccc1-c1ccccc1. The third kappa shape index (κ3) is 5.12. The van der Waals surface area contributed by atoms with E-state index >= 15 is 0 Å². The quantitative estimate of drug-likeness (QED) is 0.444. The molecule has 0 aromatic heterocycles. The lowest BCUT2D eigenvalue weighted by Gasteiger charge is -2.04. The molecule has 0 saturated carbocycles. The summed E-state index contributed by atoms with van der Waals surface area (Å²) in [5.74, 6) is 6.69. The van der Waals surface area contributed by atoms with Crippen molar-refractivity contribution in [2.24, 2.45) is 0 Å². The lowest BCUT2D eigenvalue weighted by Crippen LogP contribution is -1.83. The van der Waals surface area contributed by atoms with Crippen molar-refractivity contribution in [2.45, 2.75) is 45.4 Å². The highest BCUT2D eigenvalue weighted by molar-refractivity contribution is 5.70. The van der Waals surface area contributed by atoms with Gasteiger partial charge in [-0.15, -0.1) is 0 Å². The highest BCUT2D eigenvalue weighted by Gasteiger charge is 2.00. The van der Waals surface area contributed by atoms with Gasteiger partial charge in [-0.2, -0.15) is 0 Å². The van der Waals surface area contributed by atoms with E-state index in [0.29, 0.717) is 0 Å². The molecule has 2 aromatic carbocycles. The van der Waals surface area contributed by atoms with Crippen LogP contribution >= 0.6 is 0 Å². The van der Waals surface area contributed by atoms with E-state index in [2.05, 4.69) is 67.3 Å². The molecule has 2 aromatic rings.